The lowest BCUT2D eigenvalue weighted by Gasteiger charge is -2.40. The van der Waals surface area contributed by atoms with E-state index >= 15 is 0 Å². The van der Waals surface area contributed by atoms with E-state index < -0.39 is 0 Å². The highest BCUT2D eigenvalue weighted by atomic mass is 16.2. The van der Waals surface area contributed by atoms with Crippen LogP contribution in [0, 0.1) is 0 Å². The Kier molecular flexibility index (Phi) is 3.59. The molecule has 1 N–H and O–H groups in total. The first-order valence-electron chi connectivity index (χ1n) is 5.97. The van der Waals surface area contributed by atoms with Crippen molar-refractivity contribution in [3.05, 3.63) is 0 Å². The SMILES string of the molecule is CC(=O)N1CCN(C2CCNCC2)CC1. The van der Waals surface area contributed by atoms with Gasteiger partial charge in [0.15, 0.2) is 0 Å². The Bertz CT molecular complexity index is 218. The van der Waals surface area contributed by atoms with E-state index in [2.05, 4.69) is 10.2 Å². The maximum atomic E-state index is 11.2. The normalized spacial score (nSPS) is 25.5. The van der Waals surface area contributed by atoms with E-state index in [0.29, 0.717) is 0 Å². The smallest absolute Gasteiger partial charge is 0.219 e. The zero-order valence-electron chi connectivity index (χ0n) is 9.54. The van der Waals surface area contributed by atoms with Gasteiger partial charge in [-0.3, -0.25) is 9.69 Å². The van der Waals surface area contributed by atoms with Gasteiger partial charge in [-0.2, -0.15) is 0 Å². The van der Waals surface area contributed by atoms with Crippen LogP contribution in [0.1, 0.15) is 19.8 Å². The van der Waals surface area contributed by atoms with Gasteiger partial charge in [0, 0.05) is 39.1 Å². The number of hydrogen-bond acceptors (Lipinski definition) is 3. The number of carbonyl (C=O) groups is 1. The molecule has 15 heavy (non-hydrogen) atoms. The summed E-state index contributed by atoms with van der Waals surface area (Å²) in [7, 11) is 0. The van der Waals surface area contributed by atoms with Gasteiger partial charge in [0.25, 0.3) is 0 Å². The van der Waals surface area contributed by atoms with Gasteiger partial charge in [-0.15, -0.1) is 0 Å². The largest absolute Gasteiger partial charge is 0.340 e. The van der Waals surface area contributed by atoms with Gasteiger partial charge in [-0.1, -0.05) is 0 Å². The number of carbonyl (C=O) groups excluding carboxylic acids is 1. The van der Waals surface area contributed by atoms with Crippen molar-refractivity contribution in [1.82, 2.24) is 15.1 Å². The second-order valence-electron chi connectivity index (χ2n) is 4.52. The van der Waals surface area contributed by atoms with Crippen molar-refractivity contribution in [3.8, 4) is 0 Å². The standard InChI is InChI=1S/C11H21N3O/c1-10(15)13-6-8-14(9-7-13)11-2-4-12-5-3-11/h11-12H,2-9H2,1H3. The van der Waals surface area contributed by atoms with Crippen LogP contribution < -0.4 is 5.32 Å². The summed E-state index contributed by atoms with van der Waals surface area (Å²) in [6, 6.07) is 0.750. The van der Waals surface area contributed by atoms with Crippen LogP contribution in [0.4, 0.5) is 0 Å². The Morgan fingerprint density at radius 3 is 2.27 bits per heavy atom. The van der Waals surface area contributed by atoms with Crippen molar-refractivity contribution in [2.75, 3.05) is 39.3 Å². The van der Waals surface area contributed by atoms with Gasteiger partial charge in [-0.25, -0.2) is 0 Å². The Morgan fingerprint density at radius 2 is 1.73 bits per heavy atom. The summed E-state index contributed by atoms with van der Waals surface area (Å²) < 4.78 is 0. The molecule has 4 nitrogen and oxygen atoms in total. The van der Waals surface area contributed by atoms with Crippen LogP contribution in [0.2, 0.25) is 0 Å². The van der Waals surface area contributed by atoms with Gasteiger partial charge in [0.1, 0.15) is 0 Å². The third-order valence-electron chi connectivity index (χ3n) is 3.58. The molecule has 1 amide bonds. The van der Waals surface area contributed by atoms with Crippen LogP contribution in [0.3, 0.4) is 0 Å². The molecule has 0 aromatic heterocycles. The molecule has 0 aliphatic carbocycles. The second kappa shape index (κ2) is 4.94. The van der Waals surface area contributed by atoms with E-state index in [-0.39, 0.29) is 5.91 Å². The predicted molar refractivity (Wildman–Crippen MR) is 59.7 cm³/mol. The minimum Gasteiger partial charge on any atom is -0.340 e. The van der Waals surface area contributed by atoms with E-state index in [9.17, 15) is 4.79 Å². The Balaban J connectivity index is 1.79. The molecule has 2 aliphatic heterocycles. The van der Waals surface area contributed by atoms with Gasteiger partial charge < -0.3 is 10.2 Å². The van der Waals surface area contributed by atoms with E-state index in [0.717, 1.165) is 45.3 Å². The van der Waals surface area contributed by atoms with Crippen LogP contribution in [0.5, 0.6) is 0 Å². The minimum atomic E-state index is 0.222. The summed E-state index contributed by atoms with van der Waals surface area (Å²) in [5.41, 5.74) is 0. The first-order valence-corrected chi connectivity index (χ1v) is 5.97. The molecule has 2 heterocycles. The van der Waals surface area contributed by atoms with Crippen molar-refractivity contribution < 1.29 is 4.79 Å². The molecule has 86 valence electrons. The quantitative estimate of drug-likeness (QED) is 0.658. The molecule has 0 spiro atoms. The Morgan fingerprint density at radius 1 is 1.13 bits per heavy atom. The second-order valence-corrected chi connectivity index (χ2v) is 4.52. The van der Waals surface area contributed by atoms with Crippen molar-refractivity contribution in [2.45, 2.75) is 25.8 Å². The lowest BCUT2D eigenvalue weighted by molar-refractivity contribution is -0.130. The maximum Gasteiger partial charge on any atom is 0.219 e. The fraction of sp³-hybridized carbons (Fsp3) is 0.909. The average Bonchev–Trinajstić information content (AvgIpc) is 2.30. The van der Waals surface area contributed by atoms with Crippen molar-refractivity contribution in [2.24, 2.45) is 0 Å². The van der Waals surface area contributed by atoms with Crippen molar-refractivity contribution in [1.29, 1.82) is 0 Å². The summed E-state index contributed by atoms with van der Waals surface area (Å²) in [4.78, 5) is 15.7. The van der Waals surface area contributed by atoms with Crippen LogP contribution >= 0.6 is 0 Å². The summed E-state index contributed by atoms with van der Waals surface area (Å²) >= 11 is 0. The van der Waals surface area contributed by atoms with Crippen molar-refractivity contribution in [3.63, 3.8) is 0 Å². The molecule has 0 atom stereocenters. The molecule has 2 saturated heterocycles. The molecule has 2 fully saturated rings. The first-order chi connectivity index (χ1) is 7.27. The van der Waals surface area contributed by atoms with E-state index in [1.807, 2.05) is 4.90 Å². The molecule has 0 unspecified atom stereocenters. The van der Waals surface area contributed by atoms with Gasteiger partial charge in [0.05, 0.1) is 0 Å². The molecule has 0 aromatic carbocycles. The summed E-state index contributed by atoms with van der Waals surface area (Å²) in [5.74, 6) is 0.222. The number of hydrogen-bond donors (Lipinski definition) is 1. The van der Waals surface area contributed by atoms with Gasteiger partial charge in [-0.05, 0) is 25.9 Å². The van der Waals surface area contributed by atoms with E-state index in [1.165, 1.54) is 12.8 Å². The van der Waals surface area contributed by atoms with E-state index in [4.69, 9.17) is 0 Å². The molecule has 0 radical (unpaired) electrons. The molecule has 0 saturated carbocycles. The molecule has 4 heteroatoms. The van der Waals surface area contributed by atoms with Gasteiger partial charge in [0.2, 0.25) is 5.91 Å². The molecule has 2 aliphatic rings. The number of nitrogens with one attached hydrogen (secondary N) is 1. The molecule has 0 aromatic rings. The predicted octanol–water partition coefficient (Wildman–Crippen LogP) is -0.0975. The number of nitrogens with zero attached hydrogens (tertiary/aromatic N) is 2. The van der Waals surface area contributed by atoms with E-state index in [1.54, 1.807) is 6.92 Å². The highest BCUT2D eigenvalue weighted by Gasteiger charge is 2.25. The lowest BCUT2D eigenvalue weighted by atomic mass is 10.0. The maximum absolute atomic E-state index is 11.2. The first kappa shape index (κ1) is 10.9. The number of piperazine rings is 1. The fourth-order valence-corrected chi connectivity index (χ4v) is 2.57. The summed E-state index contributed by atoms with van der Waals surface area (Å²) in [6.07, 6.45) is 2.53. The van der Waals surface area contributed by atoms with Crippen LogP contribution in [0.15, 0.2) is 0 Å². The zero-order chi connectivity index (χ0) is 10.7. The highest BCUT2D eigenvalue weighted by molar-refractivity contribution is 5.73. The highest BCUT2D eigenvalue weighted by Crippen LogP contribution is 2.14. The molecule has 2 rings (SSSR count). The van der Waals surface area contributed by atoms with Crippen molar-refractivity contribution >= 4 is 5.91 Å². The zero-order valence-corrected chi connectivity index (χ0v) is 9.54. The topological polar surface area (TPSA) is 35.6 Å². The number of amides is 1. The third-order valence-corrected chi connectivity index (χ3v) is 3.58. The Hall–Kier alpha value is -0.610. The number of rotatable bonds is 1. The number of piperidine rings is 1. The fourth-order valence-electron chi connectivity index (χ4n) is 2.57. The third kappa shape index (κ3) is 2.69. The van der Waals surface area contributed by atoms with Crippen LogP contribution in [-0.2, 0) is 4.79 Å². The lowest BCUT2D eigenvalue weighted by Crippen LogP contribution is -2.53. The minimum absolute atomic E-state index is 0.222. The van der Waals surface area contributed by atoms with Crippen LogP contribution in [-0.4, -0.2) is 61.0 Å². The Labute approximate surface area is 91.6 Å². The summed E-state index contributed by atoms with van der Waals surface area (Å²) in [6.45, 7) is 7.92. The molecular weight excluding hydrogens is 190 g/mol. The monoisotopic (exact) mass is 211 g/mol. The summed E-state index contributed by atoms with van der Waals surface area (Å²) in [5, 5.41) is 3.39. The molecule has 0 bridgehead atoms. The van der Waals surface area contributed by atoms with Crippen LogP contribution in [0.25, 0.3) is 0 Å². The average molecular weight is 211 g/mol. The molecular formula is C11H21N3O. The van der Waals surface area contributed by atoms with Gasteiger partial charge >= 0.3 is 0 Å².